The molecule has 120 valence electrons. The molecule has 1 aliphatic heterocycles. The molecule has 4 heterocycles. The molecule has 1 aliphatic rings. The van der Waals surface area contributed by atoms with E-state index in [1.54, 1.807) is 6.07 Å². The fraction of sp³-hybridized carbons (Fsp3) is 0.385. The zero-order valence-electron chi connectivity index (χ0n) is 11.9. The number of hydrogen-bond donors (Lipinski definition) is 3. The van der Waals surface area contributed by atoms with Gasteiger partial charge in [-0.15, -0.1) is 0 Å². The van der Waals surface area contributed by atoms with Gasteiger partial charge in [-0.1, -0.05) is 0 Å². The quantitative estimate of drug-likeness (QED) is 0.631. The summed E-state index contributed by atoms with van der Waals surface area (Å²) in [5.74, 6) is 0.247. The van der Waals surface area contributed by atoms with Gasteiger partial charge in [-0.2, -0.15) is 20.5 Å². The van der Waals surface area contributed by atoms with E-state index in [1.165, 1.54) is 17.0 Å². The van der Waals surface area contributed by atoms with E-state index in [1.807, 2.05) is 0 Å². The lowest BCUT2D eigenvalue weighted by Crippen LogP contribution is -2.13. The number of nitrogens with zero attached hydrogens (tertiary/aromatic N) is 5. The van der Waals surface area contributed by atoms with Crippen molar-refractivity contribution in [3.63, 3.8) is 0 Å². The van der Waals surface area contributed by atoms with Crippen LogP contribution in [0.5, 0.6) is 0 Å². The highest BCUT2D eigenvalue weighted by Crippen LogP contribution is 2.39. The summed E-state index contributed by atoms with van der Waals surface area (Å²) in [6, 6.07) is 1.72. The first kappa shape index (κ1) is 14.0. The van der Waals surface area contributed by atoms with Crippen LogP contribution in [0.15, 0.2) is 18.6 Å². The summed E-state index contributed by atoms with van der Waals surface area (Å²) in [6.45, 7) is -0.229. The molecule has 0 aromatic carbocycles. The molecule has 10 heteroatoms. The number of aromatic nitrogens is 6. The monoisotopic (exact) mass is 319 g/mol. The van der Waals surface area contributed by atoms with Gasteiger partial charge < -0.3 is 15.6 Å². The minimum atomic E-state index is -1.24. The van der Waals surface area contributed by atoms with Crippen molar-refractivity contribution in [2.24, 2.45) is 0 Å². The third-order valence-corrected chi connectivity index (χ3v) is 3.95. The number of nitrogen functional groups attached to an aromatic ring is 1. The maximum Gasteiger partial charge on any atom is 0.152 e. The second kappa shape index (κ2) is 5.25. The van der Waals surface area contributed by atoms with E-state index in [9.17, 15) is 9.50 Å². The van der Waals surface area contributed by atoms with E-state index in [4.69, 9.17) is 10.5 Å². The third kappa shape index (κ3) is 2.14. The van der Waals surface area contributed by atoms with Crippen LogP contribution in [0.3, 0.4) is 0 Å². The Morgan fingerprint density at radius 2 is 2.39 bits per heavy atom. The number of hydrogen-bond acceptors (Lipinski definition) is 7. The minimum Gasteiger partial charge on any atom is -0.394 e. The van der Waals surface area contributed by atoms with Gasteiger partial charge in [-0.05, 0) is 6.07 Å². The van der Waals surface area contributed by atoms with Gasteiger partial charge in [0.15, 0.2) is 5.82 Å². The van der Waals surface area contributed by atoms with E-state index in [0.29, 0.717) is 22.5 Å². The van der Waals surface area contributed by atoms with E-state index in [0.717, 1.165) is 0 Å². The lowest BCUT2D eigenvalue weighted by Gasteiger charge is -2.13. The van der Waals surface area contributed by atoms with Crippen LogP contribution in [0.4, 0.5) is 10.2 Å². The van der Waals surface area contributed by atoms with Crippen LogP contribution in [0.1, 0.15) is 18.2 Å². The number of halogens is 1. The van der Waals surface area contributed by atoms with Crippen LogP contribution >= 0.6 is 0 Å². The fourth-order valence-electron chi connectivity index (χ4n) is 2.92. The third-order valence-electron chi connectivity index (χ3n) is 3.95. The van der Waals surface area contributed by atoms with Crippen molar-refractivity contribution >= 4 is 11.3 Å². The zero-order valence-corrected chi connectivity index (χ0v) is 11.9. The smallest absolute Gasteiger partial charge is 0.152 e. The van der Waals surface area contributed by atoms with E-state index >= 15 is 0 Å². The van der Waals surface area contributed by atoms with Gasteiger partial charge in [-0.25, -0.2) is 13.9 Å². The van der Waals surface area contributed by atoms with Gasteiger partial charge in [0.1, 0.15) is 29.8 Å². The number of anilines is 1. The summed E-state index contributed by atoms with van der Waals surface area (Å²) < 4.78 is 21.4. The number of ether oxygens (including phenoxy) is 1. The maximum atomic E-state index is 14.3. The molecule has 0 amide bonds. The first-order valence-corrected chi connectivity index (χ1v) is 7.07. The zero-order chi connectivity index (χ0) is 16.0. The lowest BCUT2D eigenvalue weighted by atomic mass is 10.1. The Hall–Kier alpha value is -2.59. The molecule has 0 spiro atoms. The number of rotatable bonds is 3. The van der Waals surface area contributed by atoms with Crippen molar-refractivity contribution in [3.8, 4) is 11.3 Å². The molecule has 1 fully saturated rings. The molecule has 23 heavy (non-hydrogen) atoms. The lowest BCUT2D eigenvalue weighted by molar-refractivity contribution is -0.00198. The van der Waals surface area contributed by atoms with Crippen LogP contribution in [-0.4, -0.2) is 54.0 Å². The second-order valence-corrected chi connectivity index (χ2v) is 5.36. The number of aromatic amines is 1. The van der Waals surface area contributed by atoms with Crippen molar-refractivity contribution in [2.75, 3.05) is 12.3 Å². The topological polar surface area (TPSA) is 127 Å². The summed E-state index contributed by atoms with van der Waals surface area (Å²) in [5.41, 5.74) is 8.15. The molecule has 4 N–H and O–H groups in total. The Bertz CT molecular complexity index is 834. The van der Waals surface area contributed by atoms with Gasteiger partial charge in [0.05, 0.1) is 24.6 Å². The first-order chi connectivity index (χ1) is 11.2. The molecule has 0 bridgehead atoms. The molecule has 3 aromatic rings. The maximum absolute atomic E-state index is 14.3. The Morgan fingerprint density at radius 3 is 3.09 bits per heavy atom. The SMILES string of the molecule is Nc1ncnn2c([C@@H]3O[C@H](CO)C[C@@H]3F)cc(-c3cn[nH]n3)c12. The van der Waals surface area contributed by atoms with E-state index in [-0.39, 0.29) is 18.8 Å². The molecule has 1 saturated heterocycles. The minimum absolute atomic E-state index is 0.133. The molecule has 9 nitrogen and oxygen atoms in total. The summed E-state index contributed by atoms with van der Waals surface area (Å²) >= 11 is 0. The molecule has 3 aromatic heterocycles. The van der Waals surface area contributed by atoms with Crippen LogP contribution in [0, 0.1) is 0 Å². The number of aliphatic hydroxyl groups excluding tert-OH is 1. The van der Waals surface area contributed by atoms with Crippen molar-refractivity contribution in [2.45, 2.75) is 24.8 Å². The highest BCUT2D eigenvalue weighted by Gasteiger charge is 2.38. The summed E-state index contributed by atoms with van der Waals surface area (Å²) in [6.07, 6.45) is 0.347. The fourth-order valence-corrected chi connectivity index (χ4v) is 2.92. The summed E-state index contributed by atoms with van der Waals surface area (Å²) in [4.78, 5) is 3.98. The van der Waals surface area contributed by atoms with Crippen LogP contribution in [0.2, 0.25) is 0 Å². The van der Waals surface area contributed by atoms with E-state index in [2.05, 4.69) is 25.5 Å². The number of alkyl halides is 1. The Kier molecular flexibility index (Phi) is 3.20. The van der Waals surface area contributed by atoms with Crippen LogP contribution in [-0.2, 0) is 4.74 Å². The largest absolute Gasteiger partial charge is 0.394 e. The molecule has 0 aliphatic carbocycles. The van der Waals surface area contributed by atoms with Crippen molar-refractivity contribution in [1.29, 1.82) is 0 Å². The Balaban J connectivity index is 1.90. The average Bonchev–Trinajstić information content (AvgIpc) is 3.25. The predicted molar refractivity (Wildman–Crippen MR) is 77.0 cm³/mol. The molecule has 0 saturated carbocycles. The van der Waals surface area contributed by atoms with Crippen LogP contribution in [0.25, 0.3) is 16.8 Å². The van der Waals surface area contributed by atoms with Crippen molar-refractivity contribution in [1.82, 2.24) is 30.0 Å². The van der Waals surface area contributed by atoms with Gasteiger partial charge in [0.25, 0.3) is 0 Å². The number of fused-ring (bicyclic) bond motifs is 1. The normalized spacial score (nSPS) is 24.5. The molecule has 0 unspecified atom stereocenters. The molecule has 4 rings (SSSR count). The molecule has 3 atom stereocenters. The number of nitrogens with two attached hydrogens (primary N) is 1. The molecular weight excluding hydrogens is 305 g/mol. The highest BCUT2D eigenvalue weighted by molar-refractivity contribution is 5.86. The molecule has 0 radical (unpaired) electrons. The highest BCUT2D eigenvalue weighted by atomic mass is 19.1. The molecular formula is C13H14FN7O2. The van der Waals surface area contributed by atoms with Crippen LogP contribution < -0.4 is 5.73 Å². The Labute approximate surface area is 129 Å². The van der Waals surface area contributed by atoms with Gasteiger partial charge >= 0.3 is 0 Å². The predicted octanol–water partition coefficient (Wildman–Crippen LogP) is 0.257. The Morgan fingerprint density at radius 1 is 1.52 bits per heavy atom. The number of aliphatic hydroxyl groups is 1. The van der Waals surface area contributed by atoms with E-state index < -0.39 is 18.4 Å². The number of nitrogens with one attached hydrogen (secondary N) is 1. The van der Waals surface area contributed by atoms with Gasteiger partial charge in [-0.3, -0.25) is 0 Å². The van der Waals surface area contributed by atoms with Gasteiger partial charge in [0, 0.05) is 12.0 Å². The average molecular weight is 319 g/mol. The van der Waals surface area contributed by atoms with Crippen molar-refractivity contribution in [3.05, 3.63) is 24.3 Å². The standard InChI is InChI=1S/C13H14FN7O2/c14-8-1-6(4-22)23-12(8)10-2-7(9-3-17-20-19-9)11-13(15)16-5-18-21(10)11/h2-3,5-6,8,12,22H,1,4H2,(H2,15,16,18)(H,17,19,20)/t6-,8-,12+/m0/s1. The van der Waals surface area contributed by atoms with Crippen molar-refractivity contribution < 1.29 is 14.2 Å². The second-order valence-electron chi connectivity index (χ2n) is 5.36. The summed E-state index contributed by atoms with van der Waals surface area (Å²) in [7, 11) is 0. The summed E-state index contributed by atoms with van der Waals surface area (Å²) in [5, 5.41) is 23.7. The van der Waals surface area contributed by atoms with Gasteiger partial charge in [0.2, 0.25) is 0 Å². The number of H-pyrrole nitrogens is 1. The first-order valence-electron chi connectivity index (χ1n) is 7.07.